The smallest absolute Gasteiger partial charge is 0.344 e. The minimum Gasteiger partial charge on any atom is -0.486 e. The van der Waals surface area contributed by atoms with E-state index >= 15 is 0 Å². The van der Waals surface area contributed by atoms with Crippen LogP contribution in [-0.2, 0) is 16.9 Å². The summed E-state index contributed by atoms with van der Waals surface area (Å²) in [6.45, 7) is 3.70. The lowest BCUT2D eigenvalue weighted by Gasteiger charge is -2.21. The van der Waals surface area contributed by atoms with Gasteiger partial charge in [0.15, 0.2) is 5.76 Å². The maximum absolute atomic E-state index is 12.9. The van der Waals surface area contributed by atoms with Gasteiger partial charge in [-0.25, -0.2) is 10.2 Å². The molecule has 1 saturated heterocycles. The number of aryl methyl sites for hydroxylation is 1. The summed E-state index contributed by atoms with van der Waals surface area (Å²) < 4.78 is 11.1. The summed E-state index contributed by atoms with van der Waals surface area (Å²) in [5.74, 6) is -0.255. The maximum Gasteiger partial charge on any atom is 0.344 e. The molecule has 158 valence electrons. The quantitative estimate of drug-likeness (QED) is 0.597. The number of carbonyl (C=O) groups excluding carboxylic acids is 3. The molecule has 1 aliphatic rings. The molecule has 0 radical (unpaired) electrons. The van der Waals surface area contributed by atoms with Crippen LogP contribution in [0.4, 0.5) is 4.79 Å². The number of carbonyl (C=O) groups is 3. The van der Waals surface area contributed by atoms with Gasteiger partial charge in [0, 0.05) is 0 Å². The summed E-state index contributed by atoms with van der Waals surface area (Å²) in [5, 5.41) is 3.29. The lowest BCUT2D eigenvalue weighted by Crippen LogP contribution is -2.47. The molecule has 8 nitrogen and oxygen atoms in total. The van der Waals surface area contributed by atoms with Crippen molar-refractivity contribution in [2.75, 3.05) is 0 Å². The van der Waals surface area contributed by atoms with Crippen LogP contribution in [0.1, 0.15) is 34.4 Å². The Hall–Kier alpha value is -4.07. The number of furan rings is 1. The fraction of sp³-hybridized carbons (Fsp3) is 0.174. The molecule has 0 aliphatic carbocycles. The van der Waals surface area contributed by atoms with Crippen LogP contribution in [0.3, 0.4) is 0 Å². The van der Waals surface area contributed by atoms with Gasteiger partial charge in [0.05, 0.1) is 0 Å². The number of ether oxygens (including phenoxy) is 1. The number of nitrogens with zero attached hydrogens (tertiary/aromatic N) is 1. The highest BCUT2D eigenvalue weighted by atomic mass is 16.5. The van der Waals surface area contributed by atoms with Crippen molar-refractivity contribution in [2.24, 2.45) is 0 Å². The first-order chi connectivity index (χ1) is 14.9. The van der Waals surface area contributed by atoms with Crippen molar-refractivity contribution in [1.82, 2.24) is 15.8 Å². The van der Waals surface area contributed by atoms with Crippen molar-refractivity contribution < 1.29 is 23.5 Å². The zero-order valence-corrected chi connectivity index (χ0v) is 17.0. The monoisotopic (exact) mass is 419 g/mol. The number of hydrogen-bond acceptors (Lipinski definition) is 5. The van der Waals surface area contributed by atoms with Gasteiger partial charge in [-0.15, -0.1) is 0 Å². The average Bonchev–Trinajstić information content (AvgIpc) is 3.33. The van der Waals surface area contributed by atoms with Gasteiger partial charge in [-0.3, -0.25) is 9.59 Å². The standard InChI is InChI=1S/C23H21N3O5/c1-15-8-10-17(11-9-15)30-14-18-12-13-19(31-18)20(27)25-26-21(28)23(2,24-22(26)29)16-6-4-3-5-7-16/h3-13H,14H2,1-2H3,(H,24,29)(H,25,27)/t23-/m1/s1. The second kappa shape index (κ2) is 7.98. The average molecular weight is 419 g/mol. The molecule has 4 rings (SSSR count). The van der Waals surface area contributed by atoms with Crippen molar-refractivity contribution in [2.45, 2.75) is 26.0 Å². The Balaban J connectivity index is 1.41. The Kier molecular flexibility index (Phi) is 5.21. The largest absolute Gasteiger partial charge is 0.486 e. The Labute approximate surface area is 178 Å². The van der Waals surface area contributed by atoms with Crippen molar-refractivity contribution >= 4 is 17.8 Å². The number of hydrogen-bond donors (Lipinski definition) is 2. The highest BCUT2D eigenvalue weighted by molar-refractivity contribution is 6.09. The minimum absolute atomic E-state index is 0.0450. The Morgan fingerprint density at radius 1 is 1.06 bits per heavy atom. The van der Waals surface area contributed by atoms with Crippen LogP contribution in [0.2, 0.25) is 0 Å². The molecule has 2 N–H and O–H groups in total. The predicted molar refractivity (Wildman–Crippen MR) is 111 cm³/mol. The van der Waals surface area contributed by atoms with Gasteiger partial charge in [0.2, 0.25) is 0 Å². The summed E-state index contributed by atoms with van der Waals surface area (Å²) >= 11 is 0. The van der Waals surface area contributed by atoms with Gasteiger partial charge < -0.3 is 14.5 Å². The maximum atomic E-state index is 12.9. The molecule has 1 aromatic heterocycles. The molecule has 0 bridgehead atoms. The fourth-order valence-corrected chi connectivity index (χ4v) is 3.23. The van der Waals surface area contributed by atoms with Crippen LogP contribution >= 0.6 is 0 Å². The summed E-state index contributed by atoms with van der Waals surface area (Å²) in [6.07, 6.45) is 0. The third-order valence-electron chi connectivity index (χ3n) is 5.04. The molecule has 1 atom stereocenters. The van der Waals surface area contributed by atoms with Crippen LogP contribution in [0.15, 0.2) is 71.1 Å². The molecule has 8 heteroatoms. The van der Waals surface area contributed by atoms with Gasteiger partial charge in [0.25, 0.3) is 5.91 Å². The van der Waals surface area contributed by atoms with Crippen molar-refractivity contribution in [3.05, 3.63) is 89.4 Å². The Bertz CT molecular complexity index is 1120. The lowest BCUT2D eigenvalue weighted by molar-refractivity contribution is -0.132. The van der Waals surface area contributed by atoms with Gasteiger partial charge in [-0.1, -0.05) is 48.0 Å². The van der Waals surface area contributed by atoms with Gasteiger partial charge >= 0.3 is 11.9 Å². The van der Waals surface area contributed by atoms with Gasteiger partial charge in [-0.05, 0) is 43.7 Å². The second-order valence-corrected chi connectivity index (χ2v) is 7.37. The van der Waals surface area contributed by atoms with Crippen molar-refractivity contribution in [1.29, 1.82) is 0 Å². The molecule has 0 saturated carbocycles. The van der Waals surface area contributed by atoms with E-state index in [-0.39, 0.29) is 12.4 Å². The number of imide groups is 1. The zero-order valence-electron chi connectivity index (χ0n) is 17.0. The predicted octanol–water partition coefficient (Wildman–Crippen LogP) is 3.28. The highest BCUT2D eigenvalue weighted by Gasteiger charge is 2.50. The summed E-state index contributed by atoms with van der Waals surface area (Å²) in [6, 6.07) is 18.7. The number of amides is 4. The third-order valence-corrected chi connectivity index (χ3v) is 5.04. The number of urea groups is 1. The molecular formula is C23H21N3O5. The SMILES string of the molecule is Cc1ccc(OCc2ccc(C(=O)NN3C(=O)N[C@](C)(c4ccccc4)C3=O)o2)cc1. The van der Waals surface area contributed by atoms with Gasteiger partial charge in [-0.2, -0.15) is 5.01 Å². The van der Waals surface area contributed by atoms with E-state index in [0.29, 0.717) is 22.1 Å². The molecule has 2 heterocycles. The molecule has 1 aliphatic heterocycles. The third kappa shape index (κ3) is 4.00. The first kappa shape index (κ1) is 20.2. The molecule has 1 fully saturated rings. The van der Waals surface area contributed by atoms with E-state index in [9.17, 15) is 14.4 Å². The fourth-order valence-electron chi connectivity index (χ4n) is 3.23. The highest BCUT2D eigenvalue weighted by Crippen LogP contribution is 2.27. The molecule has 3 aromatic rings. The normalized spacial score (nSPS) is 18.1. The van der Waals surface area contributed by atoms with Crippen LogP contribution < -0.4 is 15.5 Å². The number of hydrazine groups is 1. The van der Waals surface area contributed by atoms with Crippen molar-refractivity contribution in [3.63, 3.8) is 0 Å². The first-order valence-corrected chi connectivity index (χ1v) is 9.68. The number of rotatable bonds is 6. The molecule has 0 spiro atoms. The van der Waals surface area contributed by atoms with E-state index in [2.05, 4.69) is 10.7 Å². The minimum atomic E-state index is -1.28. The molecule has 0 unspecified atom stereocenters. The molecule has 31 heavy (non-hydrogen) atoms. The van der Waals surface area contributed by atoms with Crippen LogP contribution in [0, 0.1) is 6.92 Å². The van der Waals surface area contributed by atoms with Gasteiger partial charge in [0.1, 0.15) is 23.7 Å². The van der Waals surface area contributed by atoms with E-state index in [1.807, 2.05) is 37.3 Å². The van der Waals surface area contributed by atoms with E-state index in [1.165, 1.54) is 6.07 Å². The summed E-state index contributed by atoms with van der Waals surface area (Å²) in [7, 11) is 0. The molecule has 2 aromatic carbocycles. The lowest BCUT2D eigenvalue weighted by atomic mass is 9.92. The van der Waals surface area contributed by atoms with E-state index in [4.69, 9.17) is 9.15 Å². The van der Waals surface area contributed by atoms with E-state index in [1.54, 1.807) is 37.3 Å². The zero-order chi connectivity index (χ0) is 22.0. The van der Waals surface area contributed by atoms with E-state index in [0.717, 1.165) is 5.56 Å². The summed E-state index contributed by atoms with van der Waals surface area (Å²) in [5.41, 5.74) is 2.76. The van der Waals surface area contributed by atoms with E-state index < -0.39 is 23.4 Å². The van der Waals surface area contributed by atoms with Crippen LogP contribution in [0.25, 0.3) is 0 Å². The van der Waals surface area contributed by atoms with Crippen molar-refractivity contribution in [3.8, 4) is 5.75 Å². The second-order valence-electron chi connectivity index (χ2n) is 7.37. The van der Waals surface area contributed by atoms with Crippen LogP contribution in [0.5, 0.6) is 5.75 Å². The topological polar surface area (TPSA) is 101 Å². The van der Waals surface area contributed by atoms with Crippen LogP contribution in [-0.4, -0.2) is 22.9 Å². The summed E-state index contributed by atoms with van der Waals surface area (Å²) in [4.78, 5) is 37.8. The molecular weight excluding hydrogens is 398 g/mol. The molecule has 4 amide bonds. The first-order valence-electron chi connectivity index (χ1n) is 9.68. The number of benzene rings is 2. The number of nitrogens with one attached hydrogen (secondary N) is 2. The Morgan fingerprint density at radius 2 is 1.77 bits per heavy atom. The Morgan fingerprint density at radius 3 is 2.48 bits per heavy atom.